The number of aromatic nitrogens is 2. The van der Waals surface area contributed by atoms with Gasteiger partial charge in [-0.05, 0) is 24.7 Å². The molecule has 0 spiro atoms. The van der Waals surface area contributed by atoms with E-state index < -0.39 is 0 Å². The minimum atomic E-state index is 0.212. The zero-order chi connectivity index (χ0) is 18.6. The minimum absolute atomic E-state index is 0.212. The summed E-state index contributed by atoms with van der Waals surface area (Å²) in [6.45, 7) is 3.55. The van der Waals surface area contributed by atoms with Crippen LogP contribution in [0.4, 0.5) is 0 Å². The number of likely N-dealkylation sites (N-methyl/N-ethyl adjacent to an activating group) is 1. The van der Waals surface area contributed by atoms with Gasteiger partial charge in [-0.1, -0.05) is 24.3 Å². The highest BCUT2D eigenvalue weighted by atomic mass is 32.1. The second-order valence-corrected chi connectivity index (χ2v) is 7.69. The maximum absolute atomic E-state index is 12.5. The molecule has 1 saturated heterocycles. The summed E-state index contributed by atoms with van der Waals surface area (Å²) in [7, 11) is 2.10. The van der Waals surface area contributed by atoms with Crippen LogP contribution in [0.25, 0.3) is 21.8 Å². The lowest BCUT2D eigenvalue weighted by Crippen LogP contribution is -2.47. The Balaban J connectivity index is 1.42. The van der Waals surface area contributed by atoms with Gasteiger partial charge in [0.05, 0.1) is 12.1 Å². The Morgan fingerprint density at radius 3 is 2.41 bits per heavy atom. The van der Waals surface area contributed by atoms with Gasteiger partial charge in [0.15, 0.2) is 0 Å². The molecule has 1 amide bonds. The molecule has 2 aromatic heterocycles. The molecule has 0 radical (unpaired) electrons. The first-order valence-electron chi connectivity index (χ1n) is 9.10. The van der Waals surface area contributed by atoms with Crippen LogP contribution in [0.15, 0.2) is 54.2 Å². The van der Waals surface area contributed by atoms with Crippen molar-refractivity contribution in [3.05, 3.63) is 59.7 Å². The summed E-state index contributed by atoms with van der Waals surface area (Å²) in [5, 5.41) is 3.06. The molecule has 1 fully saturated rings. The van der Waals surface area contributed by atoms with Crippen LogP contribution in [0.1, 0.15) is 5.56 Å². The van der Waals surface area contributed by atoms with Crippen molar-refractivity contribution in [2.45, 2.75) is 6.42 Å². The molecule has 5 nitrogen and oxygen atoms in total. The first-order chi connectivity index (χ1) is 13.2. The van der Waals surface area contributed by atoms with Crippen molar-refractivity contribution in [2.24, 2.45) is 0 Å². The van der Waals surface area contributed by atoms with Crippen molar-refractivity contribution in [3.8, 4) is 21.8 Å². The molecule has 27 heavy (non-hydrogen) atoms. The smallest absolute Gasteiger partial charge is 0.227 e. The number of benzene rings is 1. The number of carbonyl (C=O) groups excluding carboxylic acids is 1. The molecule has 1 aromatic carbocycles. The van der Waals surface area contributed by atoms with Crippen molar-refractivity contribution >= 4 is 17.2 Å². The van der Waals surface area contributed by atoms with Gasteiger partial charge in [-0.15, -0.1) is 11.3 Å². The summed E-state index contributed by atoms with van der Waals surface area (Å²) in [6.07, 6.45) is 4.02. The average Bonchev–Trinajstić information content (AvgIpc) is 3.20. The lowest BCUT2D eigenvalue weighted by atomic mass is 10.1. The molecule has 1 aliphatic heterocycles. The van der Waals surface area contributed by atoms with Gasteiger partial charge in [0, 0.05) is 55.1 Å². The molecule has 0 aliphatic carbocycles. The van der Waals surface area contributed by atoms with Gasteiger partial charge in [0.2, 0.25) is 5.91 Å². The van der Waals surface area contributed by atoms with E-state index in [4.69, 9.17) is 4.98 Å². The summed E-state index contributed by atoms with van der Waals surface area (Å²) in [5.74, 6) is 0.212. The lowest BCUT2D eigenvalue weighted by molar-refractivity contribution is -0.132. The van der Waals surface area contributed by atoms with Crippen LogP contribution in [0.2, 0.25) is 0 Å². The predicted octanol–water partition coefficient (Wildman–Crippen LogP) is 3.19. The van der Waals surface area contributed by atoms with E-state index in [0.717, 1.165) is 53.6 Å². The Hall–Kier alpha value is -2.57. The van der Waals surface area contributed by atoms with Crippen LogP contribution in [-0.2, 0) is 11.2 Å². The Morgan fingerprint density at radius 1 is 1.00 bits per heavy atom. The van der Waals surface area contributed by atoms with Gasteiger partial charge in [-0.2, -0.15) is 0 Å². The number of thiazole rings is 1. The van der Waals surface area contributed by atoms with E-state index in [-0.39, 0.29) is 5.91 Å². The normalized spacial score (nSPS) is 15.1. The van der Waals surface area contributed by atoms with Crippen molar-refractivity contribution < 1.29 is 4.79 Å². The van der Waals surface area contributed by atoms with Crippen molar-refractivity contribution in [1.82, 2.24) is 19.8 Å². The predicted molar refractivity (Wildman–Crippen MR) is 109 cm³/mol. The number of nitrogens with zero attached hydrogens (tertiary/aromatic N) is 4. The molecule has 3 heterocycles. The van der Waals surface area contributed by atoms with E-state index in [2.05, 4.69) is 34.4 Å². The summed E-state index contributed by atoms with van der Waals surface area (Å²) < 4.78 is 0. The number of hydrogen-bond acceptors (Lipinski definition) is 5. The van der Waals surface area contributed by atoms with Crippen LogP contribution in [-0.4, -0.2) is 58.9 Å². The highest BCUT2D eigenvalue weighted by Gasteiger charge is 2.19. The van der Waals surface area contributed by atoms with Gasteiger partial charge < -0.3 is 9.80 Å². The van der Waals surface area contributed by atoms with Gasteiger partial charge in [0.1, 0.15) is 5.01 Å². The average molecular weight is 379 g/mol. The fraction of sp³-hybridized carbons (Fsp3) is 0.286. The maximum atomic E-state index is 12.5. The number of carbonyl (C=O) groups is 1. The van der Waals surface area contributed by atoms with Crippen molar-refractivity contribution in [3.63, 3.8) is 0 Å². The number of piperazine rings is 1. The summed E-state index contributed by atoms with van der Waals surface area (Å²) in [5.41, 5.74) is 4.16. The Kier molecular flexibility index (Phi) is 5.27. The largest absolute Gasteiger partial charge is 0.340 e. The monoisotopic (exact) mass is 378 g/mol. The summed E-state index contributed by atoms with van der Waals surface area (Å²) in [6, 6.07) is 12.1. The molecule has 0 unspecified atom stereocenters. The maximum Gasteiger partial charge on any atom is 0.227 e. The molecule has 0 N–H and O–H groups in total. The second-order valence-electron chi connectivity index (χ2n) is 6.83. The topological polar surface area (TPSA) is 49.3 Å². The SMILES string of the molecule is CN1CCN(C(=O)Cc2ccc(-c3csc(-c4ccncc4)n3)cc2)CC1. The fourth-order valence-corrected chi connectivity index (χ4v) is 4.00. The van der Waals surface area contributed by atoms with Crippen LogP contribution < -0.4 is 0 Å². The number of rotatable bonds is 4. The second kappa shape index (κ2) is 7.98. The number of amides is 1. The van der Waals surface area contributed by atoms with Crippen LogP contribution in [0.5, 0.6) is 0 Å². The molecular weight excluding hydrogens is 356 g/mol. The van der Waals surface area contributed by atoms with E-state index in [1.807, 2.05) is 29.2 Å². The Morgan fingerprint density at radius 2 is 1.70 bits per heavy atom. The molecule has 138 valence electrons. The van der Waals surface area contributed by atoms with Crippen LogP contribution in [0.3, 0.4) is 0 Å². The zero-order valence-electron chi connectivity index (χ0n) is 15.3. The first kappa shape index (κ1) is 17.8. The van der Waals surface area contributed by atoms with Crippen LogP contribution in [0, 0.1) is 0 Å². The third-order valence-corrected chi connectivity index (χ3v) is 5.78. The third-order valence-electron chi connectivity index (χ3n) is 4.89. The van der Waals surface area contributed by atoms with Crippen molar-refractivity contribution in [2.75, 3.05) is 33.2 Å². The minimum Gasteiger partial charge on any atom is -0.340 e. The van der Waals surface area contributed by atoms with Crippen LogP contribution >= 0.6 is 11.3 Å². The molecule has 4 rings (SSSR count). The van der Waals surface area contributed by atoms with E-state index >= 15 is 0 Å². The van der Waals surface area contributed by atoms with Gasteiger partial charge in [-0.3, -0.25) is 9.78 Å². The fourth-order valence-electron chi connectivity index (χ4n) is 3.17. The molecule has 0 saturated carbocycles. The van der Waals surface area contributed by atoms with Crippen molar-refractivity contribution in [1.29, 1.82) is 0 Å². The van der Waals surface area contributed by atoms with E-state index in [1.54, 1.807) is 23.7 Å². The number of pyridine rings is 1. The van der Waals surface area contributed by atoms with E-state index in [0.29, 0.717) is 6.42 Å². The standard InChI is InChI=1S/C21H22N4OS/c1-24-10-12-25(13-11-24)20(26)14-16-2-4-17(5-3-16)19-15-27-21(23-19)18-6-8-22-9-7-18/h2-9,15H,10-14H2,1H3. The van der Waals surface area contributed by atoms with E-state index in [1.165, 1.54) is 0 Å². The van der Waals surface area contributed by atoms with Gasteiger partial charge in [-0.25, -0.2) is 4.98 Å². The Bertz CT molecular complexity index is 899. The van der Waals surface area contributed by atoms with E-state index in [9.17, 15) is 4.79 Å². The molecule has 6 heteroatoms. The molecule has 1 aliphatic rings. The zero-order valence-corrected chi connectivity index (χ0v) is 16.2. The molecule has 0 bridgehead atoms. The molecule has 0 atom stereocenters. The van der Waals surface area contributed by atoms with Gasteiger partial charge in [0.25, 0.3) is 0 Å². The Labute approximate surface area is 163 Å². The first-order valence-corrected chi connectivity index (χ1v) is 9.98. The number of hydrogen-bond donors (Lipinski definition) is 0. The highest BCUT2D eigenvalue weighted by molar-refractivity contribution is 7.13. The highest BCUT2D eigenvalue weighted by Crippen LogP contribution is 2.28. The lowest BCUT2D eigenvalue weighted by Gasteiger charge is -2.32. The summed E-state index contributed by atoms with van der Waals surface area (Å²) in [4.78, 5) is 25.5. The third kappa shape index (κ3) is 4.23. The molecular formula is C21H22N4OS. The van der Waals surface area contributed by atoms with Gasteiger partial charge >= 0.3 is 0 Å². The summed E-state index contributed by atoms with van der Waals surface area (Å²) >= 11 is 1.63. The quantitative estimate of drug-likeness (QED) is 0.700. The molecule has 3 aromatic rings.